The number of carbonyl (C=O) groups is 3. The maximum absolute atomic E-state index is 14.1. The molecule has 3 aromatic carbocycles. The first-order chi connectivity index (χ1) is 17.8. The van der Waals surface area contributed by atoms with Gasteiger partial charge in [0.25, 0.3) is 11.8 Å². The summed E-state index contributed by atoms with van der Waals surface area (Å²) < 4.78 is 26.3. The van der Waals surface area contributed by atoms with Gasteiger partial charge >= 0.3 is 6.03 Å². The molecule has 37 heavy (non-hydrogen) atoms. The molecule has 9 heteroatoms. The number of barbiturate groups is 1. The fraction of sp³-hybridized carbons (Fsp3) is 0.107. The maximum atomic E-state index is 14.1. The van der Waals surface area contributed by atoms with Crippen LogP contribution >= 0.6 is 15.9 Å². The molecule has 1 heterocycles. The summed E-state index contributed by atoms with van der Waals surface area (Å²) >= 11 is 3.31. The number of nitrogens with zero attached hydrogens (tertiary/aromatic N) is 1. The molecule has 0 aliphatic carbocycles. The molecular formula is C28H22BrFN2O5. The first kappa shape index (κ1) is 25.8. The second-order valence-electron chi connectivity index (χ2n) is 8.02. The molecule has 0 spiro atoms. The second-order valence-corrected chi connectivity index (χ2v) is 8.93. The van der Waals surface area contributed by atoms with Gasteiger partial charge in [-0.1, -0.05) is 40.2 Å². The monoisotopic (exact) mass is 564 g/mol. The topological polar surface area (TPSA) is 84.9 Å². The molecule has 1 aliphatic rings. The number of anilines is 1. The minimum atomic E-state index is -0.837. The van der Waals surface area contributed by atoms with E-state index in [1.54, 1.807) is 60.7 Å². The number of halogens is 2. The number of benzene rings is 3. The number of allylic oxidation sites excluding steroid dienone is 1. The Morgan fingerprint density at radius 2 is 1.78 bits per heavy atom. The summed E-state index contributed by atoms with van der Waals surface area (Å²) in [5.74, 6) is -1.25. The fourth-order valence-electron chi connectivity index (χ4n) is 3.80. The van der Waals surface area contributed by atoms with Crippen molar-refractivity contribution in [1.82, 2.24) is 5.32 Å². The number of carbonyl (C=O) groups excluding carboxylic acids is 3. The van der Waals surface area contributed by atoms with Gasteiger partial charge in [0, 0.05) is 15.6 Å². The molecule has 0 radical (unpaired) electrons. The van der Waals surface area contributed by atoms with E-state index in [0.717, 1.165) is 9.37 Å². The summed E-state index contributed by atoms with van der Waals surface area (Å²) in [5, 5.41) is 2.21. The van der Waals surface area contributed by atoms with Gasteiger partial charge in [-0.05, 0) is 60.5 Å². The molecule has 7 nitrogen and oxygen atoms in total. The van der Waals surface area contributed by atoms with E-state index in [0.29, 0.717) is 40.3 Å². The van der Waals surface area contributed by atoms with Crippen LogP contribution < -0.4 is 19.7 Å². The molecule has 1 saturated heterocycles. The van der Waals surface area contributed by atoms with Crippen molar-refractivity contribution in [3.63, 3.8) is 0 Å². The highest BCUT2D eigenvalue weighted by Crippen LogP contribution is 2.35. The van der Waals surface area contributed by atoms with Crippen molar-refractivity contribution >= 4 is 45.5 Å². The largest absolute Gasteiger partial charge is 0.493 e. The second kappa shape index (κ2) is 11.2. The summed E-state index contributed by atoms with van der Waals surface area (Å²) in [6, 6.07) is 15.3. The van der Waals surface area contributed by atoms with Gasteiger partial charge in [-0.25, -0.2) is 14.1 Å². The Morgan fingerprint density at radius 3 is 2.46 bits per heavy atom. The third-order valence-electron chi connectivity index (χ3n) is 5.57. The molecule has 1 fully saturated rings. The number of nitrogens with one attached hydrogen (secondary N) is 1. The van der Waals surface area contributed by atoms with Crippen LogP contribution in [0.4, 0.5) is 14.9 Å². The summed E-state index contributed by atoms with van der Waals surface area (Å²) in [6.45, 7) is 3.75. The number of urea groups is 1. The van der Waals surface area contributed by atoms with Crippen LogP contribution in [-0.2, 0) is 22.6 Å². The van der Waals surface area contributed by atoms with Gasteiger partial charge in [-0.3, -0.25) is 14.9 Å². The molecule has 4 amide bonds. The van der Waals surface area contributed by atoms with Crippen molar-refractivity contribution < 1.29 is 28.2 Å². The zero-order valence-electron chi connectivity index (χ0n) is 19.8. The molecule has 0 unspecified atom stereocenters. The molecular weight excluding hydrogens is 543 g/mol. The number of amides is 4. The average molecular weight is 565 g/mol. The van der Waals surface area contributed by atoms with Gasteiger partial charge in [-0.15, -0.1) is 6.58 Å². The Morgan fingerprint density at radius 1 is 1.05 bits per heavy atom. The lowest BCUT2D eigenvalue weighted by molar-refractivity contribution is -0.122. The van der Waals surface area contributed by atoms with Gasteiger partial charge < -0.3 is 9.47 Å². The molecule has 0 atom stereocenters. The number of methoxy groups -OCH3 is 1. The number of imide groups is 2. The third kappa shape index (κ3) is 5.62. The van der Waals surface area contributed by atoms with E-state index in [1.165, 1.54) is 19.3 Å². The Bertz CT molecular complexity index is 1420. The maximum Gasteiger partial charge on any atom is 0.335 e. The summed E-state index contributed by atoms with van der Waals surface area (Å²) in [5.41, 5.74) is 1.58. The van der Waals surface area contributed by atoms with E-state index in [9.17, 15) is 18.8 Å². The van der Waals surface area contributed by atoms with Crippen molar-refractivity contribution in [3.05, 3.63) is 106 Å². The van der Waals surface area contributed by atoms with Crippen molar-refractivity contribution in [2.45, 2.75) is 13.0 Å². The smallest absolute Gasteiger partial charge is 0.335 e. The normalized spacial score (nSPS) is 14.5. The molecule has 0 saturated carbocycles. The molecule has 0 bridgehead atoms. The highest BCUT2D eigenvalue weighted by atomic mass is 79.9. The van der Waals surface area contributed by atoms with Gasteiger partial charge in [0.05, 0.1) is 12.8 Å². The van der Waals surface area contributed by atoms with Gasteiger partial charge in [0.1, 0.15) is 18.0 Å². The average Bonchev–Trinajstić information content (AvgIpc) is 2.87. The number of hydrogen-bond acceptors (Lipinski definition) is 5. The van der Waals surface area contributed by atoms with E-state index in [2.05, 4.69) is 27.8 Å². The Hall–Kier alpha value is -4.24. The van der Waals surface area contributed by atoms with Crippen LogP contribution in [0.25, 0.3) is 6.08 Å². The predicted molar refractivity (Wildman–Crippen MR) is 141 cm³/mol. The van der Waals surface area contributed by atoms with E-state index in [4.69, 9.17) is 9.47 Å². The van der Waals surface area contributed by atoms with Gasteiger partial charge in [0.2, 0.25) is 0 Å². The molecule has 3 aromatic rings. The van der Waals surface area contributed by atoms with Crippen molar-refractivity contribution in [3.8, 4) is 11.5 Å². The van der Waals surface area contributed by atoms with Crippen LogP contribution in [0.2, 0.25) is 0 Å². The molecule has 0 aromatic heterocycles. The van der Waals surface area contributed by atoms with Crippen LogP contribution in [0.3, 0.4) is 0 Å². The predicted octanol–water partition coefficient (Wildman–Crippen LogP) is 5.57. The zero-order chi connectivity index (χ0) is 26.5. The molecule has 1 N–H and O–H groups in total. The number of rotatable bonds is 8. The van der Waals surface area contributed by atoms with Crippen molar-refractivity contribution in [2.75, 3.05) is 12.0 Å². The lowest BCUT2D eigenvalue weighted by Crippen LogP contribution is -2.54. The molecule has 188 valence electrons. The zero-order valence-corrected chi connectivity index (χ0v) is 21.4. The first-order valence-electron chi connectivity index (χ1n) is 11.2. The van der Waals surface area contributed by atoms with E-state index >= 15 is 0 Å². The Balaban J connectivity index is 1.70. The highest BCUT2D eigenvalue weighted by Gasteiger charge is 2.36. The van der Waals surface area contributed by atoms with Gasteiger partial charge in [0.15, 0.2) is 11.5 Å². The van der Waals surface area contributed by atoms with Gasteiger partial charge in [-0.2, -0.15) is 0 Å². The minimum absolute atomic E-state index is 0.0290. The minimum Gasteiger partial charge on any atom is -0.493 e. The summed E-state index contributed by atoms with van der Waals surface area (Å²) in [4.78, 5) is 39.2. The summed E-state index contributed by atoms with van der Waals surface area (Å²) in [7, 11) is 1.45. The highest BCUT2D eigenvalue weighted by molar-refractivity contribution is 9.10. The molecule has 4 rings (SSSR count). The number of ether oxygens (including phenoxy) is 2. The van der Waals surface area contributed by atoms with Crippen LogP contribution in [0.15, 0.2) is 83.4 Å². The number of hydrogen-bond donors (Lipinski definition) is 1. The third-order valence-corrected chi connectivity index (χ3v) is 6.09. The van der Waals surface area contributed by atoms with E-state index in [1.807, 2.05) is 0 Å². The van der Waals surface area contributed by atoms with Crippen molar-refractivity contribution in [2.24, 2.45) is 0 Å². The molecule has 1 aliphatic heterocycles. The Labute approximate surface area is 221 Å². The Kier molecular flexibility index (Phi) is 7.83. The lowest BCUT2D eigenvalue weighted by Gasteiger charge is -2.26. The van der Waals surface area contributed by atoms with E-state index < -0.39 is 17.8 Å². The van der Waals surface area contributed by atoms with E-state index in [-0.39, 0.29) is 18.0 Å². The fourth-order valence-corrected chi connectivity index (χ4v) is 4.07. The quantitative estimate of drug-likeness (QED) is 0.219. The standard InChI is InChI=1S/C28H22BrFN2O5/c1-3-6-18-13-17(15-24(36-2)25(18)37-16-19-7-4-5-8-23(19)30)14-22-26(33)31-28(35)32(27(22)34)21-11-9-20(29)10-12-21/h3-5,7-15H,1,6,16H2,2H3,(H,31,33,35)/b22-14+. The lowest BCUT2D eigenvalue weighted by atomic mass is 10.0. The summed E-state index contributed by atoms with van der Waals surface area (Å²) in [6.07, 6.45) is 3.42. The van der Waals surface area contributed by atoms with Crippen LogP contribution in [-0.4, -0.2) is 25.0 Å². The first-order valence-corrected chi connectivity index (χ1v) is 12.0. The van der Waals surface area contributed by atoms with Crippen LogP contribution in [0.5, 0.6) is 11.5 Å². The SMILES string of the molecule is C=CCc1cc(/C=C2\C(=O)NC(=O)N(c3ccc(Br)cc3)C2=O)cc(OC)c1OCc1ccccc1F. The van der Waals surface area contributed by atoms with Crippen molar-refractivity contribution in [1.29, 1.82) is 0 Å². The van der Waals surface area contributed by atoms with Crippen LogP contribution in [0, 0.1) is 5.82 Å². The van der Waals surface area contributed by atoms with Crippen LogP contribution in [0.1, 0.15) is 16.7 Å².